The number of fused-ring (bicyclic) bond motifs is 1. The fraction of sp³-hybridized carbons (Fsp3) is 0.333. The monoisotopic (exact) mass is 412 g/mol. The van der Waals surface area contributed by atoms with Crippen molar-refractivity contribution in [2.24, 2.45) is 0 Å². The molecule has 2 N–H and O–H groups in total. The molecule has 0 atom stereocenters. The highest BCUT2D eigenvalue weighted by atomic mass is 32.1. The zero-order valence-corrected chi connectivity index (χ0v) is 17.3. The highest BCUT2D eigenvalue weighted by molar-refractivity contribution is 7.80. The lowest BCUT2D eigenvalue weighted by Crippen LogP contribution is -2.38. The molecule has 0 amide bonds. The summed E-state index contributed by atoms with van der Waals surface area (Å²) >= 11 is 7.12. The number of thiazole rings is 1. The number of para-hydroxylation sites is 1. The van der Waals surface area contributed by atoms with E-state index in [0.29, 0.717) is 5.11 Å². The molecule has 0 saturated carbocycles. The van der Waals surface area contributed by atoms with Crippen molar-refractivity contribution in [2.45, 2.75) is 6.42 Å². The zero-order valence-electron chi connectivity index (χ0n) is 15.7. The van der Waals surface area contributed by atoms with Gasteiger partial charge in [-0.15, -0.1) is 11.3 Å². The van der Waals surface area contributed by atoms with E-state index in [1.54, 1.807) is 11.3 Å². The minimum absolute atomic E-state index is 0.662. The Balaban J connectivity index is 1.25. The van der Waals surface area contributed by atoms with E-state index in [0.717, 1.165) is 67.6 Å². The van der Waals surface area contributed by atoms with Gasteiger partial charge in [0.05, 0.1) is 23.4 Å². The van der Waals surface area contributed by atoms with Crippen molar-refractivity contribution in [3.05, 3.63) is 48.5 Å². The predicted molar refractivity (Wildman–Crippen MR) is 121 cm³/mol. The Bertz CT molecular complexity index is 887. The van der Waals surface area contributed by atoms with Gasteiger partial charge in [-0.25, -0.2) is 4.98 Å². The van der Waals surface area contributed by atoms with Gasteiger partial charge in [0.2, 0.25) is 0 Å². The minimum Gasteiger partial charge on any atom is -0.379 e. The molecule has 1 saturated heterocycles. The van der Waals surface area contributed by atoms with Gasteiger partial charge in [0.1, 0.15) is 5.01 Å². The molecular weight excluding hydrogens is 388 g/mol. The number of nitrogens with zero attached hydrogens (tertiary/aromatic N) is 2. The molecule has 4 rings (SSSR count). The molecule has 0 radical (unpaired) electrons. The first kappa shape index (κ1) is 19.3. The van der Waals surface area contributed by atoms with E-state index in [-0.39, 0.29) is 0 Å². The third-order valence-electron chi connectivity index (χ3n) is 4.72. The van der Waals surface area contributed by atoms with Crippen LogP contribution in [0, 0.1) is 0 Å². The van der Waals surface area contributed by atoms with Crippen LogP contribution in [-0.4, -0.2) is 54.4 Å². The Hall–Kier alpha value is -2.06. The van der Waals surface area contributed by atoms with Crippen LogP contribution in [0.3, 0.4) is 0 Å². The number of hydrogen-bond acceptors (Lipinski definition) is 5. The van der Waals surface area contributed by atoms with Gasteiger partial charge in [-0.3, -0.25) is 4.90 Å². The average molecular weight is 413 g/mol. The maximum Gasteiger partial charge on any atom is 0.170 e. The summed E-state index contributed by atoms with van der Waals surface area (Å²) in [5.74, 6) is 0. The molecule has 0 spiro atoms. The quantitative estimate of drug-likeness (QED) is 0.472. The van der Waals surface area contributed by atoms with Crippen LogP contribution in [0.25, 0.3) is 20.8 Å². The number of hydrogen-bond donors (Lipinski definition) is 2. The van der Waals surface area contributed by atoms with Crippen LogP contribution >= 0.6 is 23.6 Å². The van der Waals surface area contributed by atoms with Gasteiger partial charge < -0.3 is 15.4 Å². The molecule has 1 fully saturated rings. The third-order valence-corrected chi connectivity index (χ3v) is 6.06. The van der Waals surface area contributed by atoms with Gasteiger partial charge in [0.25, 0.3) is 0 Å². The number of thiocarbonyl (C=S) groups is 1. The summed E-state index contributed by atoms with van der Waals surface area (Å²) in [6.45, 7) is 5.71. The molecule has 1 aromatic heterocycles. The fourth-order valence-electron chi connectivity index (χ4n) is 3.20. The Morgan fingerprint density at radius 3 is 2.68 bits per heavy atom. The van der Waals surface area contributed by atoms with Gasteiger partial charge in [-0.2, -0.15) is 0 Å². The van der Waals surface area contributed by atoms with Crippen molar-refractivity contribution >= 4 is 44.6 Å². The molecule has 3 aromatic rings. The third kappa shape index (κ3) is 5.05. The minimum atomic E-state index is 0.662. The van der Waals surface area contributed by atoms with Crippen LogP contribution in [0.1, 0.15) is 6.42 Å². The van der Waals surface area contributed by atoms with E-state index in [4.69, 9.17) is 21.9 Å². The van der Waals surface area contributed by atoms with Crippen molar-refractivity contribution < 1.29 is 4.74 Å². The summed E-state index contributed by atoms with van der Waals surface area (Å²) in [5, 5.41) is 8.24. The van der Waals surface area contributed by atoms with Gasteiger partial charge in [0.15, 0.2) is 5.11 Å². The lowest BCUT2D eigenvalue weighted by molar-refractivity contribution is 0.0376. The molecule has 5 nitrogen and oxygen atoms in total. The largest absolute Gasteiger partial charge is 0.379 e. The Morgan fingerprint density at radius 1 is 1.11 bits per heavy atom. The molecule has 0 unspecified atom stereocenters. The summed E-state index contributed by atoms with van der Waals surface area (Å²) in [6.07, 6.45) is 1.07. The average Bonchev–Trinajstić information content (AvgIpc) is 3.17. The first-order valence-electron chi connectivity index (χ1n) is 9.59. The number of aromatic nitrogens is 1. The standard InChI is InChI=1S/C21H24N4OS2/c27-21(22-10-3-11-25-12-14-26-15-13-25)23-17-8-6-16(7-9-17)20-24-18-4-1-2-5-19(18)28-20/h1-2,4-9H,3,10-15H2,(H2,22,23,27). The molecule has 146 valence electrons. The molecule has 7 heteroatoms. The van der Waals surface area contributed by atoms with E-state index in [1.807, 2.05) is 24.3 Å². The second-order valence-electron chi connectivity index (χ2n) is 6.75. The predicted octanol–water partition coefficient (Wildman–Crippen LogP) is 3.97. The SMILES string of the molecule is S=C(NCCCN1CCOCC1)Nc1ccc(-c2nc3ccccc3s2)cc1. The van der Waals surface area contributed by atoms with Crippen molar-refractivity contribution in [3.8, 4) is 10.6 Å². The van der Waals surface area contributed by atoms with E-state index in [2.05, 4.69) is 39.8 Å². The number of morpholine rings is 1. The van der Waals surface area contributed by atoms with Crippen LogP contribution in [0.2, 0.25) is 0 Å². The maximum atomic E-state index is 5.41. The molecule has 0 bridgehead atoms. The summed E-state index contributed by atoms with van der Waals surface area (Å²) < 4.78 is 6.58. The van der Waals surface area contributed by atoms with Crippen molar-refractivity contribution in [1.29, 1.82) is 0 Å². The van der Waals surface area contributed by atoms with E-state index in [1.165, 1.54) is 4.70 Å². The maximum absolute atomic E-state index is 5.41. The molecule has 2 heterocycles. The Labute approximate surface area is 174 Å². The fourth-order valence-corrected chi connectivity index (χ4v) is 4.39. The number of ether oxygens (including phenoxy) is 1. The lowest BCUT2D eigenvalue weighted by atomic mass is 10.2. The normalized spacial score (nSPS) is 14.9. The van der Waals surface area contributed by atoms with Gasteiger partial charge in [-0.05, 0) is 61.6 Å². The molecule has 2 aromatic carbocycles. The second kappa shape index (κ2) is 9.43. The van der Waals surface area contributed by atoms with Crippen LogP contribution in [0.5, 0.6) is 0 Å². The topological polar surface area (TPSA) is 49.4 Å². The molecule has 28 heavy (non-hydrogen) atoms. The van der Waals surface area contributed by atoms with E-state index < -0.39 is 0 Å². The van der Waals surface area contributed by atoms with Gasteiger partial charge in [-0.1, -0.05) is 12.1 Å². The van der Waals surface area contributed by atoms with E-state index >= 15 is 0 Å². The number of nitrogens with one attached hydrogen (secondary N) is 2. The van der Waals surface area contributed by atoms with Gasteiger partial charge in [0, 0.05) is 30.9 Å². The number of rotatable bonds is 6. The molecule has 1 aliphatic heterocycles. The molecule has 1 aliphatic rings. The van der Waals surface area contributed by atoms with E-state index in [9.17, 15) is 0 Å². The van der Waals surface area contributed by atoms with Crippen LogP contribution in [0.4, 0.5) is 5.69 Å². The lowest BCUT2D eigenvalue weighted by Gasteiger charge is -2.26. The first-order valence-corrected chi connectivity index (χ1v) is 10.8. The molecule has 0 aliphatic carbocycles. The van der Waals surface area contributed by atoms with Crippen molar-refractivity contribution in [2.75, 3.05) is 44.7 Å². The molecular formula is C21H24N4OS2. The summed E-state index contributed by atoms with van der Waals surface area (Å²) in [4.78, 5) is 7.14. The van der Waals surface area contributed by atoms with Crippen LogP contribution < -0.4 is 10.6 Å². The number of benzene rings is 2. The first-order chi connectivity index (χ1) is 13.8. The highest BCUT2D eigenvalue weighted by Gasteiger charge is 2.09. The van der Waals surface area contributed by atoms with Crippen LogP contribution in [-0.2, 0) is 4.74 Å². The summed E-state index contributed by atoms with van der Waals surface area (Å²) in [6, 6.07) is 16.5. The Kier molecular flexibility index (Phi) is 6.49. The summed E-state index contributed by atoms with van der Waals surface area (Å²) in [7, 11) is 0. The second-order valence-corrected chi connectivity index (χ2v) is 8.19. The highest BCUT2D eigenvalue weighted by Crippen LogP contribution is 2.30. The number of anilines is 1. The Morgan fingerprint density at radius 2 is 1.89 bits per heavy atom. The van der Waals surface area contributed by atoms with Gasteiger partial charge >= 0.3 is 0 Å². The summed E-state index contributed by atoms with van der Waals surface area (Å²) in [5.41, 5.74) is 3.15. The van der Waals surface area contributed by atoms with Crippen molar-refractivity contribution in [3.63, 3.8) is 0 Å². The van der Waals surface area contributed by atoms with Crippen molar-refractivity contribution in [1.82, 2.24) is 15.2 Å². The van der Waals surface area contributed by atoms with Crippen LogP contribution in [0.15, 0.2) is 48.5 Å². The zero-order chi connectivity index (χ0) is 19.2. The smallest absolute Gasteiger partial charge is 0.170 e.